The van der Waals surface area contributed by atoms with E-state index in [1.54, 1.807) is 11.3 Å². The molecule has 0 atom stereocenters. The first kappa shape index (κ1) is 20.8. The molecular weight excluding hydrogens is 386 g/mol. The van der Waals surface area contributed by atoms with E-state index >= 15 is 0 Å². The summed E-state index contributed by atoms with van der Waals surface area (Å²) in [7, 11) is 0. The van der Waals surface area contributed by atoms with Gasteiger partial charge in [0, 0.05) is 28.4 Å². The van der Waals surface area contributed by atoms with Gasteiger partial charge in [-0.1, -0.05) is 19.1 Å². The molecule has 29 heavy (non-hydrogen) atoms. The van der Waals surface area contributed by atoms with Gasteiger partial charge < -0.3 is 15.2 Å². The fourth-order valence-corrected chi connectivity index (χ4v) is 3.77. The number of ether oxygens (including phenoxy) is 1. The van der Waals surface area contributed by atoms with E-state index in [2.05, 4.69) is 12.2 Å². The summed E-state index contributed by atoms with van der Waals surface area (Å²) >= 11 is 1.56. The van der Waals surface area contributed by atoms with Crippen LogP contribution in [0.3, 0.4) is 0 Å². The Morgan fingerprint density at radius 1 is 1.24 bits per heavy atom. The number of hydrogen-bond acceptors (Lipinski definition) is 6. The van der Waals surface area contributed by atoms with E-state index in [9.17, 15) is 4.79 Å². The third-order valence-corrected chi connectivity index (χ3v) is 5.21. The maximum absolute atomic E-state index is 10.9. The summed E-state index contributed by atoms with van der Waals surface area (Å²) in [6, 6.07) is 9.33. The Hall–Kier alpha value is -2.93. The minimum atomic E-state index is -0.841. The second-order valence-electron chi connectivity index (χ2n) is 7.02. The number of rotatable bonds is 8. The molecule has 2 aromatic heterocycles. The Bertz CT molecular complexity index is 997. The van der Waals surface area contributed by atoms with Crippen LogP contribution >= 0.6 is 11.3 Å². The minimum Gasteiger partial charge on any atom is -0.490 e. The second-order valence-corrected chi connectivity index (χ2v) is 7.93. The van der Waals surface area contributed by atoms with Gasteiger partial charge in [-0.15, -0.1) is 11.3 Å². The maximum Gasteiger partial charge on any atom is 0.307 e. The number of benzene rings is 1. The summed E-state index contributed by atoms with van der Waals surface area (Å²) in [5, 5.41) is 14.3. The van der Waals surface area contributed by atoms with Crippen molar-refractivity contribution in [2.45, 2.75) is 46.6 Å². The van der Waals surface area contributed by atoms with Gasteiger partial charge in [0.1, 0.15) is 11.6 Å². The number of carboxylic acid groups (broad SMARTS) is 1. The average molecular weight is 412 g/mol. The summed E-state index contributed by atoms with van der Waals surface area (Å²) in [6.07, 6.45) is 0.928. The van der Waals surface area contributed by atoms with Crippen LogP contribution < -0.4 is 10.1 Å². The predicted molar refractivity (Wildman–Crippen MR) is 116 cm³/mol. The lowest BCUT2D eigenvalue weighted by atomic mass is 10.1. The van der Waals surface area contributed by atoms with E-state index in [0.717, 1.165) is 45.4 Å². The topological polar surface area (TPSA) is 84.3 Å². The zero-order valence-electron chi connectivity index (χ0n) is 17.0. The lowest BCUT2D eigenvalue weighted by Crippen LogP contribution is -2.05. The van der Waals surface area contributed by atoms with Crippen molar-refractivity contribution in [3.8, 4) is 16.5 Å². The van der Waals surface area contributed by atoms with Gasteiger partial charge >= 0.3 is 5.97 Å². The number of carbonyl (C=O) groups is 1. The third kappa shape index (κ3) is 5.32. The molecule has 0 saturated heterocycles. The molecular formula is C22H25N3O3S. The van der Waals surface area contributed by atoms with Gasteiger partial charge in [-0.3, -0.25) is 4.79 Å². The first-order chi connectivity index (χ1) is 13.9. The van der Waals surface area contributed by atoms with Crippen LogP contribution in [0.1, 0.15) is 37.6 Å². The van der Waals surface area contributed by atoms with Crippen molar-refractivity contribution in [2.75, 3.05) is 5.32 Å². The molecule has 0 aliphatic carbocycles. The Kier molecular flexibility index (Phi) is 6.49. The Labute approximate surface area is 174 Å². The van der Waals surface area contributed by atoms with Crippen LogP contribution in [0.25, 0.3) is 10.7 Å². The van der Waals surface area contributed by atoms with Crippen LogP contribution in [0.15, 0.2) is 35.7 Å². The Morgan fingerprint density at radius 3 is 2.59 bits per heavy atom. The van der Waals surface area contributed by atoms with E-state index in [-0.39, 0.29) is 12.5 Å². The molecule has 0 amide bonds. The predicted octanol–water partition coefficient (Wildman–Crippen LogP) is 5.23. The number of aliphatic carboxylic acids is 1. The van der Waals surface area contributed by atoms with Gasteiger partial charge in [0.2, 0.25) is 0 Å². The van der Waals surface area contributed by atoms with Crippen LogP contribution in [0.2, 0.25) is 0 Å². The highest BCUT2D eigenvalue weighted by Gasteiger charge is 2.14. The molecule has 0 radical (unpaired) electrons. The highest BCUT2D eigenvalue weighted by molar-refractivity contribution is 7.13. The minimum absolute atomic E-state index is 0.0103. The van der Waals surface area contributed by atoms with Gasteiger partial charge in [-0.2, -0.15) is 0 Å². The molecule has 3 rings (SSSR count). The number of hydrogen-bond donors (Lipinski definition) is 2. The van der Waals surface area contributed by atoms with Gasteiger partial charge in [0.05, 0.1) is 17.4 Å². The number of anilines is 2. The fraction of sp³-hybridized carbons (Fsp3) is 0.318. The van der Waals surface area contributed by atoms with Crippen molar-refractivity contribution >= 4 is 28.8 Å². The molecule has 0 fully saturated rings. The molecule has 152 valence electrons. The summed E-state index contributed by atoms with van der Waals surface area (Å²) in [5.41, 5.74) is 3.60. The van der Waals surface area contributed by atoms with Crippen molar-refractivity contribution in [3.05, 3.63) is 52.5 Å². The van der Waals surface area contributed by atoms with Crippen molar-refractivity contribution in [1.82, 2.24) is 9.97 Å². The standard InChI is InChI=1S/C22H25N3O3S/c1-5-18-14(4)23-22(19-11-17(12-29-19)28-13(2)3)25-21(18)24-16-8-6-15(7-9-16)10-20(26)27/h6-9,11-13H,5,10H2,1-4H3,(H,26,27)(H,23,24,25). The number of aryl methyl sites for hydroxylation is 1. The Balaban J connectivity index is 1.89. The SMILES string of the molecule is CCc1c(C)nc(-c2cc(OC(C)C)cs2)nc1Nc1ccc(CC(=O)O)cc1. The first-order valence-electron chi connectivity index (χ1n) is 9.56. The van der Waals surface area contributed by atoms with Crippen molar-refractivity contribution < 1.29 is 14.6 Å². The molecule has 0 saturated carbocycles. The Morgan fingerprint density at radius 2 is 1.97 bits per heavy atom. The van der Waals surface area contributed by atoms with Crippen molar-refractivity contribution in [2.24, 2.45) is 0 Å². The third-order valence-electron chi connectivity index (χ3n) is 4.31. The summed E-state index contributed by atoms with van der Waals surface area (Å²) in [6.45, 7) is 8.06. The number of nitrogens with zero attached hydrogens (tertiary/aromatic N) is 2. The smallest absolute Gasteiger partial charge is 0.307 e. The molecule has 0 aliphatic rings. The average Bonchev–Trinajstić information content (AvgIpc) is 3.10. The highest BCUT2D eigenvalue weighted by atomic mass is 32.1. The largest absolute Gasteiger partial charge is 0.490 e. The zero-order chi connectivity index (χ0) is 21.0. The molecule has 0 aliphatic heterocycles. The molecule has 0 bridgehead atoms. The lowest BCUT2D eigenvalue weighted by molar-refractivity contribution is -0.136. The van der Waals surface area contributed by atoms with E-state index in [0.29, 0.717) is 5.82 Å². The quantitative estimate of drug-likeness (QED) is 0.528. The van der Waals surface area contributed by atoms with E-state index < -0.39 is 5.97 Å². The van der Waals surface area contributed by atoms with Crippen LogP contribution in [-0.2, 0) is 17.6 Å². The molecule has 2 heterocycles. The molecule has 0 unspecified atom stereocenters. The molecule has 0 spiro atoms. The van der Waals surface area contributed by atoms with Crippen LogP contribution in [-0.4, -0.2) is 27.1 Å². The summed E-state index contributed by atoms with van der Waals surface area (Å²) < 4.78 is 5.75. The first-order valence-corrected chi connectivity index (χ1v) is 10.4. The van der Waals surface area contributed by atoms with E-state index in [4.69, 9.17) is 19.8 Å². The molecule has 2 N–H and O–H groups in total. The van der Waals surface area contributed by atoms with E-state index in [1.165, 1.54) is 0 Å². The number of carboxylic acids is 1. The number of aromatic nitrogens is 2. The van der Waals surface area contributed by atoms with Gasteiger partial charge in [0.15, 0.2) is 5.82 Å². The lowest BCUT2D eigenvalue weighted by Gasteiger charge is -2.14. The molecule has 1 aromatic carbocycles. The molecule has 6 nitrogen and oxygen atoms in total. The second kappa shape index (κ2) is 9.05. The van der Waals surface area contributed by atoms with Crippen LogP contribution in [0.5, 0.6) is 5.75 Å². The van der Waals surface area contributed by atoms with Crippen LogP contribution in [0, 0.1) is 6.92 Å². The number of nitrogens with one attached hydrogen (secondary N) is 1. The highest BCUT2D eigenvalue weighted by Crippen LogP contribution is 2.32. The fourth-order valence-electron chi connectivity index (χ4n) is 3.02. The van der Waals surface area contributed by atoms with Gasteiger partial charge in [-0.05, 0) is 44.9 Å². The van der Waals surface area contributed by atoms with Crippen molar-refractivity contribution in [1.29, 1.82) is 0 Å². The summed E-state index contributed by atoms with van der Waals surface area (Å²) in [4.78, 5) is 21.3. The van der Waals surface area contributed by atoms with Crippen LogP contribution in [0.4, 0.5) is 11.5 Å². The van der Waals surface area contributed by atoms with E-state index in [1.807, 2.05) is 56.5 Å². The summed E-state index contributed by atoms with van der Waals surface area (Å²) in [5.74, 6) is 1.41. The molecule has 3 aromatic rings. The monoisotopic (exact) mass is 411 g/mol. The van der Waals surface area contributed by atoms with Crippen molar-refractivity contribution in [3.63, 3.8) is 0 Å². The zero-order valence-corrected chi connectivity index (χ0v) is 17.8. The van der Waals surface area contributed by atoms with Gasteiger partial charge in [-0.25, -0.2) is 9.97 Å². The number of thiophene rings is 1. The molecule has 7 heteroatoms. The normalized spacial score (nSPS) is 10.9. The van der Waals surface area contributed by atoms with Gasteiger partial charge in [0.25, 0.3) is 0 Å². The maximum atomic E-state index is 10.9.